The molecule has 4 aromatic rings. The standard InChI is InChI=1S/C33H36N6O3.C4H10N2O.C3H8/c1-5-29-34-19-26(36-29)24-14-10-22(11-15-24)8-9-23-12-16-25(17-13-23)27-20-35-31(37-27)28-7-6-18-39(28)32(40)30(21(2)3)38-33(41)42-4;1-6(2)3-4(5)7;1-3-2/h10-17,19-21,28,30H,5-7,18H2,1-4H3,(H,34,36)(H,35,37)(H,38,41);3H2,1-2H3,(H2,5,7);3H2,1-2H3. The summed E-state index contributed by atoms with van der Waals surface area (Å²) in [5, 5.41) is 2.69. The SMILES string of the molecule is CCC.CCc1ncc(-c2ccc(C#Cc3ccc(-c4cnc(C5CCCN5C(=O)C(NC(=O)OC)C(C)C)[nH]4)cc3)cc2)[nH]1.CN(C)CC(N)=O. The summed E-state index contributed by atoms with van der Waals surface area (Å²) in [5.74, 6) is 7.70. The van der Waals surface area contributed by atoms with E-state index in [0.717, 1.165) is 64.6 Å². The molecule has 3 amide bonds. The zero-order valence-electron chi connectivity index (χ0n) is 31.7. The summed E-state index contributed by atoms with van der Waals surface area (Å²) in [6.45, 7) is 11.1. The van der Waals surface area contributed by atoms with Crippen LogP contribution in [0, 0.1) is 17.8 Å². The number of alkyl carbamates (subject to hydrolysis) is 1. The number of carbonyl (C=O) groups is 3. The van der Waals surface area contributed by atoms with E-state index in [2.05, 4.69) is 57.9 Å². The number of carbonyl (C=O) groups excluding carboxylic acids is 3. The molecule has 0 radical (unpaired) electrons. The number of hydrogen-bond acceptors (Lipinski definition) is 7. The van der Waals surface area contributed by atoms with E-state index < -0.39 is 12.1 Å². The maximum Gasteiger partial charge on any atom is 0.407 e. The van der Waals surface area contributed by atoms with E-state index in [4.69, 9.17) is 10.5 Å². The second-order valence-corrected chi connectivity index (χ2v) is 13.1. The number of likely N-dealkylation sites (N-methyl/N-ethyl adjacent to an activating group) is 1. The first-order valence-corrected chi connectivity index (χ1v) is 17.8. The molecule has 52 heavy (non-hydrogen) atoms. The molecule has 3 heterocycles. The van der Waals surface area contributed by atoms with Crippen LogP contribution in [0.1, 0.15) is 82.7 Å². The highest BCUT2D eigenvalue weighted by Gasteiger charge is 2.37. The fraction of sp³-hybridized carbons (Fsp3) is 0.425. The second-order valence-electron chi connectivity index (χ2n) is 13.1. The summed E-state index contributed by atoms with van der Waals surface area (Å²) in [6.07, 6.45) is 6.85. The number of primary amides is 1. The van der Waals surface area contributed by atoms with Crippen LogP contribution in [0.25, 0.3) is 22.5 Å². The van der Waals surface area contributed by atoms with E-state index in [1.165, 1.54) is 13.5 Å². The quantitative estimate of drug-likeness (QED) is 0.157. The lowest BCUT2D eigenvalue weighted by molar-refractivity contribution is -0.135. The monoisotopic (exact) mass is 710 g/mol. The van der Waals surface area contributed by atoms with Gasteiger partial charge in [-0.1, -0.05) is 77.1 Å². The van der Waals surface area contributed by atoms with Gasteiger partial charge >= 0.3 is 6.09 Å². The average Bonchev–Trinajstić information content (AvgIpc) is 3.91. The molecular formula is C40H54N8O4. The molecule has 1 aliphatic heterocycles. The number of aromatic amines is 2. The van der Waals surface area contributed by atoms with Crippen molar-refractivity contribution in [2.45, 2.75) is 72.4 Å². The number of amides is 3. The van der Waals surface area contributed by atoms with E-state index in [1.54, 1.807) is 25.2 Å². The molecular weight excluding hydrogens is 656 g/mol. The molecule has 0 spiro atoms. The Morgan fingerprint density at radius 1 is 0.942 bits per heavy atom. The number of methoxy groups -OCH3 is 1. The average molecular weight is 711 g/mol. The largest absolute Gasteiger partial charge is 0.453 e. The number of likely N-dealkylation sites (tertiary alicyclic amines) is 1. The zero-order chi connectivity index (χ0) is 38.2. The summed E-state index contributed by atoms with van der Waals surface area (Å²) in [6, 6.07) is 15.3. The topological polar surface area (TPSA) is 162 Å². The summed E-state index contributed by atoms with van der Waals surface area (Å²) < 4.78 is 4.73. The van der Waals surface area contributed by atoms with Crippen molar-refractivity contribution >= 4 is 17.9 Å². The summed E-state index contributed by atoms with van der Waals surface area (Å²) in [5.41, 5.74) is 10.6. The smallest absolute Gasteiger partial charge is 0.407 e. The Bertz CT molecular complexity index is 1780. The van der Waals surface area contributed by atoms with E-state index >= 15 is 0 Å². The van der Waals surface area contributed by atoms with Gasteiger partial charge in [-0.3, -0.25) is 9.59 Å². The highest BCUT2D eigenvalue weighted by molar-refractivity contribution is 5.86. The lowest BCUT2D eigenvalue weighted by Gasteiger charge is -2.30. The predicted molar refractivity (Wildman–Crippen MR) is 205 cm³/mol. The number of benzene rings is 2. The Morgan fingerprint density at radius 2 is 1.48 bits per heavy atom. The number of aryl methyl sites for hydroxylation is 1. The van der Waals surface area contributed by atoms with Crippen molar-refractivity contribution < 1.29 is 19.1 Å². The third-order valence-electron chi connectivity index (χ3n) is 8.02. The molecule has 12 heteroatoms. The molecule has 1 aliphatic rings. The molecule has 0 saturated carbocycles. The van der Waals surface area contributed by atoms with Crippen LogP contribution < -0.4 is 11.1 Å². The summed E-state index contributed by atoms with van der Waals surface area (Å²) in [4.78, 5) is 54.5. The highest BCUT2D eigenvalue weighted by Crippen LogP contribution is 2.32. The van der Waals surface area contributed by atoms with Gasteiger partial charge < -0.3 is 35.6 Å². The maximum absolute atomic E-state index is 13.4. The Hall–Kier alpha value is -5.41. The molecule has 1 fully saturated rings. The van der Waals surface area contributed by atoms with E-state index in [9.17, 15) is 14.4 Å². The van der Waals surface area contributed by atoms with Gasteiger partial charge in [-0.15, -0.1) is 0 Å². The van der Waals surface area contributed by atoms with Gasteiger partial charge in [-0.2, -0.15) is 0 Å². The van der Waals surface area contributed by atoms with Crippen molar-refractivity contribution in [1.29, 1.82) is 0 Å². The van der Waals surface area contributed by atoms with Crippen LogP contribution in [0.4, 0.5) is 4.79 Å². The Labute approximate surface area is 308 Å². The predicted octanol–water partition coefficient (Wildman–Crippen LogP) is 5.92. The van der Waals surface area contributed by atoms with Crippen LogP contribution in [-0.2, 0) is 20.7 Å². The number of H-pyrrole nitrogens is 2. The van der Waals surface area contributed by atoms with Crippen LogP contribution in [0.2, 0.25) is 0 Å². The van der Waals surface area contributed by atoms with Gasteiger partial charge in [0.15, 0.2) is 0 Å². The number of aromatic nitrogens is 4. The molecule has 1 saturated heterocycles. The van der Waals surface area contributed by atoms with Crippen LogP contribution in [0.5, 0.6) is 0 Å². The maximum atomic E-state index is 13.4. The number of rotatable bonds is 9. The normalized spacial score (nSPS) is 14.0. The van der Waals surface area contributed by atoms with Gasteiger partial charge in [-0.25, -0.2) is 14.8 Å². The molecule has 0 aliphatic carbocycles. The van der Waals surface area contributed by atoms with Gasteiger partial charge in [-0.05, 0) is 68.2 Å². The molecule has 2 aromatic carbocycles. The molecule has 278 valence electrons. The zero-order valence-corrected chi connectivity index (χ0v) is 31.7. The number of ether oxygens (including phenoxy) is 1. The summed E-state index contributed by atoms with van der Waals surface area (Å²) >= 11 is 0. The molecule has 5 N–H and O–H groups in total. The first kappa shape index (κ1) is 41.0. The first-order valence-electron chi connectivity index (χ1n) is 17.8. The van der Waals surface area contributed by atoms with Crippen LogP contribution >= 0.6 is 0 Å². The minimum Gasteiger partial charge on any atom is -0.453 e. The number of imidazole rings is 2. The van der Waals surface area contributed by atoms with Crippen molar-refractivity contribution in [3.05, 3.63) is 83.7 Å². The van der Waals surface area contributed by atoms with Crippen molar-refractivity contribution in [2.75, 3.05) is 34.3 Å². The van der Waals surface area contributed by atoms with Gasteiger partial charge in [0, 0.05) is 24.1 Å². The first-order chi connectivity index (χ1) is 24.9. The lowest BCUT2D eigenvalue weighted by Crippen LogP contribution is -2.51. The molecule has 0 bridgehead atoms. The highest BCUT2D eigenvalue weighted by atomic mass is 16.5. The summed E-state index contributed by atoms with van der Waals surface area (Å²) in [7, 11) is 4.89. The Balaban J connectivity index is 0.000000645. The van der Waals surface area contributed by atoms with Crippen molar-refractivity contribution in [3.8, 4) is 34.4 Å². The molecule has 2 unspecified atom stereocenters. The van der Waals surface area contributed by atoms with Crippen LogP contribution in [-0.4, -0.2) is 88.0 Å². The van der Waals surface area contributed by atoms with E-state index in [-0.39, 0.29) is 23.8 Å². The number of nitrogens with zero attached hydrogens (tertiary/aromatic N) is 4. The minimum absolute atomic E-state index is 0.0814. The van der Waals surface area contributed by atoms with E-state index in [1.807, 2.05) is 73.5 Å². The van der Waals surface area contributed by atoms with Crippen molar-refractivity contribution in [2.24, 2.45) is 11.7 Å². The number of nitrogens with one attached hydrogen (secondary N) is 3. The minimum atomic E-state index is -0.663. The lowest BCUT2D eigenvalue weighted by atomic mass is 10.0. The van der Waals surface area contributed by atoms with Crippen molar-refractivity contribution in [3.63, 3.8) is 0 Å². The fourth-order valence-electron chi connectivity index (χ4n) is 5.46. The second kappa shape index (κ2) is 20.4. The van der Waals surface area contributed by atoms with Gasteiger partial charge in [0.05, 0.1) is 43.5 Å². The molecule has 2 atom stereocenters. The third-order valence-corrected chi connectivity index (χ3v) is 8.02. The molecule has 2 aromatic heterocycles. The molecule has 12 nitrogen and oxygen atoms in total. The van der Waals surface area contributed by atoms with Crippen LogP contribution in [0.3, 0.4) is 0 Å². The van der Waals surface area contributed by atoms with Gasteiger partial charge in [0.1, 0.15) is 17.7 Å². The van der Waals surface area contributed by atoms with Crippen molar-refractivity contribution in [1.82, 2.24) is 35.1 Å². The van der Waals surface area contributed by atoms with Crippen LogP contribution in [0.15, 0.2) is 60.9 Å². The molecule has 5 rings (SSSR count). The Morgan fingerprint density at radius 3 is 1.92 bits per heavy atom. The number of nitrogens with two attached hydrogens (primary N) is 1. The van der Waals surface area contributed by atoms with Gasteiger partial charge in [0.25, 0.3) is 0 Å². The third kappa shape index (κ3) is 12.1. The fourth-order valence-corrected chi connectivity index (χ4v) is 5.46. The Kier molecular flexibility index (Phi) is 16.1. The number of hydrogen-bond donors (Lipinski definition) is 4. The van der Waals surface area contributed by atoms with E-state index in [0.29, 0.717) is 13.1 Å². The van der Waals surface area contributed by atoms with Gasteiger partial charge in [0.2, 0.25) is 11.8 Å².